The van der Waals surface area contributed by atoms with Crippen LogP contribution in [0.4, 0.5) is 0 Å². The first kappa shape index (κ1) is 17.9. The lowest BCUT2D eigenvalue weighted by molar-refractivity contribution is -0.122. The second-order valence-electron chi connectivity index (χ2n) is 7.13. The summed E-state index contributed by atoms with van der Waals surface area (Å²) in [5, 5.41) is 3.61. The molecule has 0 aliphatic heterocycles. The van der Waals surface area contributed by atoms with E-state index in [1.807, 2.05) is 13.0 Å². The van der Waals surface area contributed by atoms with Gasteiger partial charge in [0.1, 0.15) is 6.54 Å². The Hall–Kier alpha value is -2.47. The number of nitrogens with one attached hydrogen (secondary N) is 1. The van der Waals surface area contributed by atoms with E-state index < -0.39 is 0 Å². The zero-order valence-corrected chi connectivity index (χ0v) is 16.6. The van der Waals surface area contributed by atoms with Crippen LogP contribution in [0.5, 0.6) is 0 Å². The van der Waals surface area contributed by atoms with Gasteiger partial charge in [-0.1, -0.05) is 45.8 Å². The molecule has 2 aromatic carbocycles. The number of hydrogen-bond acceptors (Lipinski definition) is 3. The van der Waals surface area contributed by atoms with Crippen molar-refractivity contribution in [1.29, 1.82) is 0 Å². The van der Waals surface area contributed by atoms with Crippen molar-refractivity contribution in [1.82, 2.24) is 14.9 Å². The van der Waals surface area contributed by atoms with Gasteiger partial charge in [-0.3, -0.25) is 14.2 Å². The topological polar surface area (TPSA) is 64.0 Å². The average molecular weight is 426 g/mol. The summed E-state index contributed by atoms with van der Waals surface area (Å²) < 4.78 is 2.17. The second-order valence-corrected chi connectivity index (χ2v) is 8.05. The van der Waals surface area contributed by atoms with Gasteiger partial charge in [-0.15, -0.1) is 0 Å². The van der Waals surface area contributed by atoms with Gasteiger partial charge in [-0.05, 0) is 49.4 Å². The molecule has 1 N–H and O–H groups in total. The van der Waals surface area contributed by atoms with Crippen LogP contribution in [0.1, 0.15) is 30.0 Å². The van der Waals surface area contributed by atoms with Gasteiger partial charge in [0.15, 0.2) is 0 Å². The molecule has 1 unspecified atom stereocenters. The summed E-state index contributed by atoms with van der Waals surface area (Å²) in [4.78, 5) is 29.6. The van der Waals surface area contributed by atoms with Crippen LogP contribution >= 0.6 is 15.9 Å². The molecule has 1 saturated carbocycles. The normalized spacial score (nSPS) is 14.9. The standard InChI is InChI=1S/C21H20BrN3O2/c1-13-2-4-14(5-3-13)20(15-6-7-15)24-19(26)11-25-12-23-18-9-8-16(22)10-17(18)21(25)27/h2-5,8-10,12,15,20H,6-7,11H2,1H3,(H,24,26). The Kier molecular flexibility index (Phi) is 4.83. The van der Waals surface area contributed by atoms with Crippen molar-refractivity contribution in [3.63, 3.8) is 0 Å². The Morgan fingerprint density at radius 1 is 1.26 bits per heavy atom. The first-order valence-electron chi connectivity index (χ1n) is 9.02. The Morgan fingerprint density at radius 3 is 2.70 bits per heavy atom. The molecule has 6 heteroatoms. The zero-order valence-electron chi connectivity index (χ0n) is 15.0. The Balaban J connectivity index is 1.55. The average Bonchev–Trinajstić information content (AvgIpc) is 3.48. The third-order valence-corrected chi connectivity index (χ3v) is 5.44. The molecule has 1 fully saturated rings. The minimum Gasteiger partial charge on any atom is -0.347 e. The van der Waals surface area contributed by atoms with Crippen molar-refractivity contribution in [3.8, 4) is 0 Å². The summed E-state index contributed by atoms with van der Waals surface area (Å²) in [5.41, 5.74) is 2.72. The lowest BCUT2D eigenvalue weighted by atomic mass is 10.0. The molecule has 0 radical (unpaired) electrons. The number of aryl methyl sites for hydroxylation is 1. The molecule has 0 bridgehead atoms. The third-order valence-electron chi connectivity index (χ3n) is 4.95. The van der Waals surface area contributed by atoms with Crippen LogP contribution in [-0.2, 0) is 11.3 Å². The largest absolute Gasteiger partial charge is 0.347 e. The van der Waals surface area contributed by atoms with Crippen molar-refractivity contribution >= 4 is 32.7 Å². The van der Waals surface area contributed by atoms with E-state index in [9.17, 15) is 9.59 Å². The number of amides is 1. The molecule has 1 atom stereocenters. The predicted molar refractivity (Wildman–Crippen MR) is 108 cm³/mol. The van der Waals surface area contributed by atoms with E-state index in [1.54, 1.807) is 12.1 Å². The van der Waals surface area contributed by atoms with Gasteiger partial charge in [0.25, 0.3) is 5.56 Å². The molecule has 1 amide bonds. The smallest absolute Gasteiger partial charge is 0.261 e. The Bertz CT molecular complexity index is 1060. The lowest BCUT2D eigenvalue weighted by Crippen LogP contribution is -2.35. The van der Waals surface area contributed by atoms with Crippen LogP contribution in [0.25, 0.3) is 10.9 Å². The highest BCUT2D eigenvalue weighted by atomic mass is 79.9. The number of benzene rings is 2. The molecular weight excluding hydrogens is 406 g/mol. The summed E-state index contributed by atoms with van der Waals surface area (Å²) in [5.74, 6) is 0.296. The molecule has 0 spiro atoms. The number of hydrogen-bond donors (Lipinski definition) is 1. The van der Waals surface area contributed by atoms with E-state index in [-0.39, 0.29) is 24.1 Å². The third kappa shape index (κ3) is 3.95. The van der Waals surface area contributed by atoms with Crippen molar-refractivity contribution < 1.29 is 4.79 Å². The minimum absolute atomic E-state index is 0.00337. The van der Waals surface area contributed by atoms with E-state index in [0.717, 1.165) is 22.9 Å². The van der Waals surface area contributed by atoms with Gasteiger partial charge in [0.2, 0.25) is 5.91 Å². The molecule has 3 aromatic rings. The predicted octanol–water partition coefficient (Wildman–Crippen LogP) is 3.73. The summed E-state index contributed by atoms with van der Waals surface area (Å²) in [6, 6.07) is 13.6. The molecule has 27 heavy (non-hydrogen) atoms. The molecule has 5 nitrogen and oxygen atoms in total. The summed E-state index contributed by atoms with van der Waals surface area (Å²) in [6.07, 6.45) is 3.67. The van der Waals surface area contributed by atoms with Gasteiger partial charge >= 0.3 is 0 Å². The number of halogens is 1. The van der Waals surface area contributed by atoms with Crippen molar-refractivity contribution in [3.05, 3.63) is 74.7 Å². The summed E-state index contributed by atoms with van der Waals surface area (Å²) in [7, 11) is 0. The van der Waals surface area contributed by atoms with Crippen LogP contribution in [0.15, 0.2) is 58.1 Å². The minimum atomic E-state index is -0.213. The van der Waals surface area contributed by atoms with Crippen LogP contribution < -0.4 is 10.9 Å². The molecule has 0 saturated heterocycles. The fourth-order valence-electron chi connectivity index (χ4n) is 3.29. The maximum absolute atomic E-state index is 12.7. The van der Waals surface area contributed by atoms with Crippen LogP contribution in [0, 0.1) is 12.8 Å². The quantitative estimate of drug-likeness (QED) is 0.676. The van der Waals surface area contributed by atoms with Gasteiger partial charge in [-0.2, -0.15) is 0 Å². The lowest BCUT2D eigenvalue weighted by Gasteiger charge is -2.19. The van der Waals surface area contributed by atoms with Crippen LogP contribution in [0.3, 0.4) is 0 Å². The van der Waals surface area contributed by atoms with Gasteiger partial charge in [-0.25, -0.2) is 4.98 Å². The molecule has 1 heterocycles. The summed E-state index contributed by atoms with van der Waals surface area (Å²) in [6.45, 7) is 2.01. The van der Waals surface area contributed by atoms with Gasteiger partial charge in [0, 0.05) is 4.47 Å². The molecule has 1 aliphatic carbocycles. The number of nitrogens with zero attached hydrogens (tertiary/aromatic N) is 2. The highest BCUT2D eigenvalue weighted by Crippen LogP contribution is 2.41. The first-order chi connectivity index (χ1) is 13.0. The number of rotatable bonds is 5. The molecule has 138 valence electrons. The molecule has 1 aliphatic rings. The number of carbonyl (C=O) groups is 1. The fourth-order valence-corrected chi connectivity index (χ4v) is 3.66. The van der Waals surface area contributed by atoms with Gasteiger partial charge < -0.3 is 5.32 Å². The van der Waals surface area contributed by atoms with Crippen molar-refractivity contribution in [2.45, 2.75) is 32.4 Å². The van der Waals surface area contributed by atoms with Crippen LogP contribution in [-0.4, -0.2) is 15.5 Å². The maximum atomic E-state index is 12.7. The second kappa shape index (κ2) is 7.27. The van der Waals surface area contributed by atoms with E-state index in [2.05, 4.69) is 50.5 Å². The van der Waals surface area contributed by atoms with Crippen molar-refractivity contribution in [2.75, 3.05) is 0 Å². The van der Waals surface area contributed by atoms with E-state index in [4.69, 9.17) is 0 Å². The Labute approximate surface area is 165 Å². The monoisotopic (exact) mass is 425 g/mol. The van der Waals surface area contributed by atoms with E-state index >= 15 is 0 Å². The number of aromatic nitrogens is 2. The number of carbonyl (C=O) groups excluding carboxylic acids is 1. The van der Waals surface area contributed by atoms with E-state index in [1.165, 1.54) is 16.5 Å². The molecule has 1 aromatic heterocycles. The Morgan fingerprint density at radius 2 is 2.00 bits per heavy atom. The van der Waals surface area contributed by atoms with E-state index in [0.29, 0.717) is 16.8 Å². The van der Waals surface area contributed by atoms with Crippen LogP contribution in [0.2, 0.25) is 0 Å². The van der Waals surface area contributed by atoms with Crippen molar-refractivity contribution in [2.24, 2.45) is 5.92 Å². The SMILES string of the molecule is Cc1ccc(C(NC(=O)Cn2cnc3ccc(Br)cc3c2=O)C2CC2)cc1. The van der Waals surface area contributed by atoms with Gasteiger partial charge in [0.05, 0.1) is 23.3 Å². The maximum Gasteiger partial charge on any atom is 0.261 e. The first-order valence-corrected chi connectivity index (χ1v) is 9.81. The highest BCUT2D eigenvalue weighted by Gasteiger charge is 2.33. The summed E-state index contributed by atoms with van der Waals surface area (Å²) >= 11 is 3.37. The zero-order chi connectivity index (χ0) is 19.0. The molecular formula is C21H20BrN3O2. The fraction of sp³-hybridized carbons (Fsp3) is 0.286. The number of fused-ring (bicyclic) bond motifs is 1. The highest BCUT2D eigenvalue weighted by molar-refractivity contribution is 9.10. The molecule has 4 rings (SSSR count).